The van der Waals surface area contributed by atoms with E-state index >= 15 is 0 Å². The van der Waals surface area contributed by atoms with Crippen LogP contribution in [0.3, 0.4) is 0 Å². The third-order valence-electron chi connectivity index (χ3n) is 3.22. The van der Waals surface area contributed by atoms with Crippen LogP contribution in [0.4, 0.5) is 30.6 Å². The summed E-state index contributed by atoms with van der Waals surface area (Å²) in [5.74, 6) is -0.240. The lowest BCUT2D eigenvalue weighted by Gasteiger charge is -2.16. The zero-order valence-electron chi connectivity index (χ0n) is 12.9. The van der Waals surface area contributed by atoms with Gasteiger partial charge in [0.2, 0.25) is 5.95 Å². The van der Waals surface area contributed by atoms with Crippen LogP contribution in [0.25, 0.3) is 0 Å². The molecule has 2 rings (SSSR count). The van der Waals surface area contributed by atoms with Gasteiger partial charge in [-0.1, -0.05) is 18.5 Å². The second-order valence-electron chi connectivity index (χ2n) is 5.20. The Morgan fingerprint density at radius 1 is 1.25 bits per heavy atom. The number of anilines is 3. The zero-order chi connectivity index (χ0) is 17.9. The van der Waals surface area contributed by atoms with Crippen molar-refractivity contribution in [2.45, 2.75) is 32.5 Å². The van der Waals surface area contributed by atoms with E-state index in [2.05, 4.69) is 20.6 Å². The molecule has 0 aliphatic heterocycles. The smallest absolute Gasteiger partial charge is 0.433 e. The van der Waals surface area contributed by atoms with Gasteiger partial charge in [-0.15, -0.1) is 0 Å². The van der Waals surface area contributed by atoms with Crippen LogP contribution in [0.1, 0.15) is 26.0 Å². The highest BCUT2D eigenvalue weighted by molar-refractivity contribution is 6.33. The Labute approximate surface area is 141 Å². The molecule has 0 saturated heterocycles. The first-order valence-corrected chi connectivity index (χ1v) is 7.55. The predicted octanol–water partition coefficient (Wildman–Crippen LogP) is 4.81. The first kappa shape index (κ1) is 18.1. The van der Waals surface area contributed by atoms with Crippen LogP contribution < -0.4 is 10.6 Å². The number of phenolic OH excluding ortho intramolecular Hbond substituents is 1. The van der Waals surface area contributed by atoms with E-state index in [0.717, 1.165) is 6.07 Å². The van der Waals surface area contributed by atoms with Crippen LogP contribution in [0.15, 0.2) is 24.3 Å². The molecule has 0 amide bonds. The Bertz CT molecular complexity index is 724. The van der Waals surface area contributed by atoms with Gasteiger partial charge in [-0.3, -0.25) is 0 Å². The maximum atomic E-state index is 13.0. The van der Waals surface area contributed by atoms with E-state index in [-0.39, 0.29) is 28.6 Å². The van der Waals surface area contributed by atoms with E-state index in [9.17, 15) is 18.3 Å². The van der Waals surface area contributed by atoms with Gasteiger partial charge in [0.25, 0.3) is 0 Å². The van der Waals surface area contributed by atoms with Crippen LogP contribution >= 0.6 is 11.6 Å². The average Bonchev–Trinajstić information content (AvgIpc) is 2.49. The SMILES string of the molecule is CC[C@H](C)Nc1nc(Nc2ccc(O)cc2Cl)cc(C(F)(F)F)n1. The van der Waals surface area contributed by atoms with Gasteiger partial charge in [0, 0.05) is 18.2 Å². The molecule has 0 fully saturated rings. The quantitative estimate of drug-likeness (QED) is 0.667. The van der Waals surface area contributed by atoms with Crippen molar-refractivity contribution in [2.24, 2.45) is 0 Å². The van der Waals surface area contributed by atoms with Crippen molar-refractivity contribution in [3.63, 3.8) is 0 Å². The molecule has 24 heavy (non-hydrogen) atoms. The van der Waals surface area contributed by atoms with Crippen molar-refractivity contribution >= 4 is 29.1 Å². The molecule has 1 aromatic carbocycles. The number of benzene rings is 1. The maximum Gasteiger partial charge on any atom is 0.433 e. The van der Waals surface area contributed by atoms with E-state index in [1.54, 1.807) is 0 Å². The molecule has 1 heterocycles. The highest BCUT2D eigenvalue weighted by Gasteiger charge is 2.34. The van der Waals surface area contributed by atoms with E-state index in [4.69, 9.17) is 11.6 Å². The summed E-state index contributed by atoms with van der Waals surface area (Å²) in [6.45, 7) is 3.70. The fourth-order valence-electron chi connectivity index (χ4n) is 1.79. The summed E-state index contributed by atoms with van der Waals surface area (Å²) in [6.07, 6.45) is -3.91. The summed E-state index contributed by atoms with van der Waals surface area (Å²) >= 11 is 5.95. The van der Waals surface area contributed by atoms with Crippen LogP contribution in [-0.4, -0.2) is 21.1 Å². The van der Waals surface area contributed by atoms with E-state index in [0.29, 0.717) is 12.1 Å². The molecule has 0 radical (unpaired) electrons. The van der Waals surface area contributed by atoms with Gasteiger partial charge in [-0.05, 0) is 25.5 Å². The number of hydrogen-bond acceptors (Lipinski definition) is 5. The Kier molecular flexibility index (Phi) is 5.38. The second-order valence-corrected chi connectivity index (χ2v) is 5.61. The molecule has 0 aliphatic carbocycles. The van der Waals surface area contributed by atoms with Gasteiger partial charge in [0.15, 0.2) is 5.69 Å². The summed E-state index contributed by atoms with van der Waals surface area (Å²) in [7, 11) is 0. The number of nitrogens with zero attached hydrogens (tertiary/aromatic N) is 2. The molecule has 130 valence electrons. The molecule has 0 bridgehead atoms. The number of phenols is 1. The van der Waals surface area contributed by atoms with Crippen molar-refractivity contribution in [3.8, 4) is 5.75 Å². The maximum absolute atomic E-state index is 13.0. The molecule has 1 atom stereocenters. The summed E-state index contributed by atoms with van der Waals surface area (Å²) in [5, 5.41) is 15.0. The summed E-state index contributed by atoms with van der Waals surface area (Å²) < 4.78 is 39.1. The fraction of sp³-hybridized carbons (Fsp3) is 0.333. The summed E-state index contributed by atoms with van der Waals surface area (Å²) in [4.78, 5) is 7.55. The molecule has 0 saturated carbocycles. The third kappa shape index (κ3) is 4.64. The minimum Gasteiger partial charge on any atom is -0.508 e. The van der Waals surface area contributed by atoms with Crippen molar-refractivity contribution in [3.05, 3.63) is 35.0 Å². The average molecular weight is 361 g/mol. The van der Waals surface area contributed by atoms with Gasteiger partial charge in [0.1, 0.15) is 11.6 Å². The molecular formula is C15H16ClF3N4O. The van der Waals surface area contributed by atoms with Crippen molar-refractivity contribution in [1.29, 1.82) is 0 Å². The summed E-state index contributed by atoms with van der Waals surface area (Å²) in [6, 6.07) is 4.78. The molecule has 9 heteroatoms. The molecule has 5 nitrogen and oxygen atoms in total. The monoisotopic (exact) mass is 360 g/mol. The Morgan fingerprint density at radius 3 is 2.54 bits per heavy atom. The highest BCUT2D eigenvalue weighted by atomic mass is 35.5. The normalized spacial score (nSPS) is 12.8. The first-order valence-electron chi connectivity index (χ1n) is 7.17. The third-order valence-corrected chi connectivity index (χ3v) is 3.53. The molecule has 0 spiro atoms. The number of aromatic hydroxyl groups is 1. The Morgan fingerprint density at radius 2 is 1.96 bits per heavy atom. The fourth-order valence-corrected chi connectivity index (χ4v) is 2.01. The molecule has 3 N–H and O–H groups in total. The number of rotatable bonds is 5. The van der Waals surface area contributed by atoms with Gasteiger partial charge in [0.05, 0.1) is 10.7 Å². The van der Waals surface area contributed by atoms with E-state index in [1.807, 2.05) is 13.8 Å². The van der Waals surface area contributed by atoms with E-state index in [1.165, 1.54) is 18.2 Å². The minimum absolute atomic E-state index is 0.0525. The standard InChI is InChI=1S/C15H16ClF3N4O/c1-3-8(2)20-14-22-12(15(17,18)19)7-13(23-14)21-11-5-4-9(24)6-10(11)16/h4-8,24H,3H2,1-2H3,(H2,20,21,22,23)/t8-/m0/s1. The van der Waals surface area contributed by atoms with Crippen molar-refractivity contribution in [2.75, 3.05) is 10.6 Å². The lowest BCUT2D eigenvalue weighted by molar-refractivity contribution is -0.141. The zero-order valence-corrected chi connectivity index (χ0v) is 13.7. The number of aromatic nitrogens is 2. The molecule has 0 aliphatic rings. The largest absolute Gasteiger partial charge is 0.508 e. The minimum atomic E-state index is -4.61. The molecular weight excluding hydrogens is 345 g/mol. The molecule has 2 aromatic rings. The number of halogens is 4. The highest BCUT2D eigenvalue weighted by Crippen LogP contribution is 2.32. The lowest BCUT2D eigenvalue weighted by atomic mass is 10.2. The second kappa shape index (κ2) is 7.12. The van der Waals surface area contributed by atoms with Crippen molar-refractivity contribution < 1.29 is 18.3 Å². The van der Waals surface area contributed by atoms with Crippen LogP contribution in [0.2, 0.25) is 5.02 Å². The van der Waals surface area contributed by atoms with Gasteiger partial charge < -0.3 is 15.7 Å². The van der Waals surface area contributed by atoms with Crippen LogP contribution in [0.5, 0.6) is 5.75 Å². The van der Waals surface area contributed by atoms with Gasteiger partial charge in [-0.25, -0.2) is 4.98 Å². The lowest BCUT2D eigenvalue weighted by Crippen LogP contribution is -2.18. The molecule has 0 unspecified atom stereocenters. The topological polar surface area (TPSA) is 70.1 Å². The summed E-state index contributed by atoms with van der Waals surface area (Å²) in [5.41, 5.74) is -0.753. The first-order chi connectivity index (χ1) is 11.2. The molecule has 1 aromatic heterocycles. The van der Waals surface area contributed by atoms with Crippen LogP contribution in [-0.2, 0) is 6.18 Å². The van der Waals surface area contributed by atoms with Gasteiger partial charge >= 0.3 is 6.18 Å². The predicted molar refractivity (Wildman–Crippen MR) is 86.8 cm³/mol. The number of alkyl halides is 3. The van der Waals surface area contributed by atoms with E-state index < -0.39 is 11.9 Å². The Balaban J connectivity index is 2.38. The Hall–Kier alpha value is -2.22. The number of hydrogen-bond donors (Lipinski definition) is 3. The number of nitrogens with one attached hydrogen (secondary N) is 2. The van der Waals surface area contributed by atoms with Gasteiger partial charge in [-0.2, -0.15) is 18.2 Å². The van der Waals surface area contributed by atoms with Crippen molar-refractivity contribution in [1.82, 2.24) is 9.97 Å². The van der Waals surface area contributed by atoms with Crippen LogP contribution in [0, 0.1) is 0 Å².